The van der Waals surface area contributed by atoms with Gasteiger partial charge in [-0.05, 0) is 40.5 Å². The van der Waals surface area contributed by atoms with Crippen molar-refractivity contribution in [3.63, 3.8) is 0 Å². The van der Waals surface area contributed by atoms with Crippen LogP contribution in [-0.4, -0.2) is 42.2 Å². The van der Waals surface area contributed by atoms with Crippen LogP contribution in [0.2, 0.25) is 0 Å². The molecule has 1 aliphatic rings. The molecule has 1 rings (SSSR count). The fourth-order valence-electron chi connectivity index (χ4n) is 2.76. The van der Waals surface area contributed by atoms with E-state index in [9.17, 15) is 13.6 Å². The number of hydrogen-bond acceptors (Lipinski definition) is 3. The molecule has 107 valence electrons. The van der Waals surface area contributed by atoms with Gasteiger partial charge in [-0.15, -0.1) is 21.9 Å². The van der Waals surface area contributed by atoms with Crippen molar-refractivity contribution in [3.8, 4) is 0 Å². The van der Waals surface area contributed by atoms with E-state index in [1.54, 1.807) is 0 Å². The van der Waals surface area contributed by atoms with Gasteiger partial charge in [-0.2, -0.15) is 0 Å². The van der Waals surface area contributed by atoms with Crippen molar-refractivity contribution in [1.29, 1.82) is 0 Å². The molecule has 1 saturated heterocycles. The van der Waals surface area contributed by atoms with Crippen molar-refractivity contribution < 1.29 is 13.6 Å². The van der Waals surface area contributed by atoms with E-state index in [0.29, 0.717) is 12.8 Å². The monoisotopic (exact) mass is 297 g/mol. The zero-order valence-corrected chi connectivity index (χ0v) is 12.9. The summed E-state index contributed by atoms with van der Waals surface area (Å²) in [6, 6.07) is -0.214. The summed E-state index contributed by atoms with van der Waals surface area (Å²) in [5.74, 6) is -0.0183. The molecule has 0 bridgehead atoms. The van der Waals surface area contributed by atoms with Gasteiger partial charge < -0.3 is 0 Å². The SMILES string of the molecule is CC1(C)CC(NS(=O)(=O)CCCl)CC(C)(C)N1[O]. The maximum absolute atomic E-state index is 12.1. The predicted octanol–water partition coefficient (Wildman–Crippen LogP) is 1.51. The first-order valence-electron chi connectivity index (χ1n) is 6.04. The predicted molar refractivity (Wildman–Crippen MR) is 71.3 cm³/mol. The number of nitrogens with one attached hydrogen (secondary N) is 1. The maximum atomic E-state index is 12.1. The summed E-state index contributed by atoms with van der Waals surface area (Å²) in [4.78, 5) is 0. The number of alkyl halides is 1. The Kier molecular flexibility index (Phi) is 4.71. The van der Waals surface area contributed by atoms with Crippen LogP contribution in [0.15, 0.2) is 0 Å². The van der Waals surface area contributed by atoms with Crippen molar-refractivity contribution in [2.75, 3.05) is 11.6 Å². The number of sulfonamides is 1. The third-order valence-corrected chi connectivity index (χ3v) is 5.13. The zero-order chi connectivity index (χ0) is 14.2. The van der Waals surface area contributed by atoms with Crippen LogP contribution in [-0.2, 0) is 15.2 Å². The summed E-state index contributed by atoms with van der Waals surface area (Å²) >= 11 is 5.46. The number of nitrogens with zero attached hydrogens (tertiary/aromatic N) is 1. The Morgan fingerprint density at radius 1 is 1.22 bits per heavy atom. The largest absolute Gasteiger partial charge is 0.213 e. The Bertz CT molecular complexity index is 377. The second-order valence-corrected chi connectivity index (χ2v) is 8.40. The van der Waals surface area contributed by atoms with Gasteiger partial charge in [0.25, 0.3) is 0 Å². The van der Waals surface area contributed by atoms with Gasteiger partial charge in [0, 0.05) is 23.0 Å². The molecular formula is C11H22ClN2O3S. The normalized spacial score (nSPS) is 25.2. The fraction of sp³-hybridized carbons (Fsp3) is 1.00. The van der Waals surface area contributed by atoms with Crippen LogP contribution in [0, 0.1) is 0 Å². The Hall–Kier alpha value is 0.120. The lowest BCUT2D eigenvalue weighted by atomic mass is 9.79. The third-order valence-electron chi connectivity index (χ3n) is 3.28. The van der Waals surface area contributed by atoms with Gasteiger partial charge in [0.05, 0.1) is 5.75 Å². The van der Waals surface area contributed by atoms with Gasteiger partial charge in [-0.3, -0.25) is 0 Å². The minimum atomic E-state index is -3.35. The van der Waals surface area contributed by atoms with Crippen molar-refractivity contribution in [2.24, 2.45) is 0 Å². The highest BCUT2D eigenvalue weighted by molar-refractivity contribution is 7.89. The lowest BCUT2D eigenvalue weighted by Crippen LogP contribution is -2.62. The van der Waals surface area contributed by atoms with E-state index in [-0.39, 0.29) is 17.7 Å². The van der Waals surface area contributed by atoms with Crippen molar-refractivity contribution >= 4 is 21.6 Å². The van der Waals surface area contributed by atoms with Gasteiger partial charge in [0.15, 0.2) is 0 Å². The molecule has 1 fully saturated rings. The molecule has 0 spiro atoms. The highest BCUT2D eigenvalue weighted by atomic mass is 35.5. The summed E-state index contributed by atoms with van der Waals surface area (Å²) in [5, 5.41) is 13.2. The van der Waals surface area contributed by atoms with E-state index in [0.717, 1.165) is 5.06 Å². The van der Waals surface area contributed by atoms with Gasteiger partial charge >= 0.3 is 0 Å². The molecule has 1 heterocycles. The molecule has 0 atom stereocenters. The van der Waals surface area contributed by atoms with Crippen LogP contribution in [0.4, 0.5) is 0 Å². The Morgan fingerprint density at radius 3 is 2.06 bits per heavy atom. The van der Waals surface area contributed by atoms with Crippen LogP contribution in [0.5, 0.6) is 0 Å². The summed E-state index contributed by atoms with van der Waals surface area (Å²) < 4.78 is 26.1. The summed E-state index contributed by atoms with van der Waals surface area (Å²) in [6.07, 6.45) is 1.00. The lowest BCUT2D eigenvalue weighted by molar-refractivity contribution is -0.289. The minimum absolute atomic E-state index is 0.0719. The standard InChI is InChI=1S/C11H22ClN2O3S/c1-10(2)7-9(8-11(3,4)14(10)15)13-18(16,17)6-5-12/h9,13H,5-8H2,1-4H3. The second kappa shape index (κ2) is 5.25. The Balaban J connectivity index is 2.82. The number of piperidine rings is 1. The minimum Gasteiger partial charge on any atom is -0.212 e. The Morgan fingerprint density at radius 2 is 1.67 bits per heavy atom. The third kappa shape index (κ3) is 3.81. The molecule has 7 heteroatoms. The van der Waals surface area contributed by atoms with Gasteiger partial charge in [0.1, 0.15) is 0 Å². The molecule has 1 N–H and O–H groups in total. The summed E-state index contributed by atoms with van der Waals surface area (Å²) in [5.41, 5.74) is -1.15. The van der Waals surface area contributed by atoms with Crippen molar-refractivity contribution in [3.05, 3.63) is 0 Å². The summed E-state index contributed by atoms with van der Waals surface area (Å²) in [6.45, 7) is 7.35. The van der Waals surface area contributed by atoms with Crippen molar-refractivity contribution in [2.45, 2.75) is 57.7 Å². The van der Waals surface area contributed by atoms with Crippen LogP contribution >= 0.6 is 11.6 Å². The second-order valence-electron chi connectivity index (χ2n) is 6.15. The topological polar surface area (TPSA) is 69.3 Å². The molecule has 1 aliphatic heterocycles. The first-order chi connectivity index (χ1) is 8.00. The van der Waals surface area contributed by atoms with Crippen LogP contribution in [0.1, 0.15) is 40.5 Å². The smallest absolute Gasteiger partial charge is 0.212 e. The molecular weight excluding hydrogens is 276 g/mol. The lowest BCUT2D eigenvalue weighted by Gasteiger charge is -2.49. The first-order valence-corrected chi connectivity index (χ1v) is 8.22. The highest BCUT2D eigenvalue weighted by Crippen LogP contribution is 2.37. The van der Waals surface area contributed by atoms with E-state index in [4.69, 9.17) is 11.6 Å². The van der Waals surface area contributed by atoms with Gasteiger partial charge in [0.2, 0.25) is 10.0 Å². The quantitative estimate of drug-likeness (QED) is 0.800. The van der Waals surface area contributed by atoms with E-state index >= 15 is 0 Å². The average Bonchev–Trinajstić information content (AvgIpc) is 2.11. The fourth-order valence-corrected chi connectivity index (χ4v) is 4.37. The Labute approximate surface area is 115 Å². The van der Waals surface area contributed by atoms with E-state index in [1.165, 1.54) is 0 Å². The summed E-state index contributed by atoms with van der Waals surface area (Å²) in [7, 11) is -3.35. The molecule has 0 aliphatic carbocycles. The molecule has 0 aromatic carbocycles. The molecule has 18 heavy (non-hydrogen) atoms. The number of halogens is 1. The van der Waals surface area contributed by atoms with E-state index in [1.807, 2.05) is 27.7 Å². The maximum Gasteiger partial charge on any atom is 0.213 e. The zero-order valence-electron chi connectivity index (χ0n) is 11.4. The van der Waals surface area contributed by atoms with Gasteiger partial charge in [-0.1, -0.05) is 0 Å². The number of rotatable bonds is 4. The average molecular weight is 298 g/mol. The molecule has 1 radical (unpaired) electrons. The van der Waals surface area contributed by atoms with E-state index in [2.05, 4.69) is 4.72 Å². The number of hydrogen-bond donors (Lipinski definition) is 1. The molecule has 5 nitrogen and oxygen atoms in total. The first kappa shape index (κ1) is 16.2. The van der Waals surface area contributed by atoms with E-state index < -0.39 is 21.1 Å². The molecule has 0 aromatic rings. The molecule has 0 aromatic heterocycles. The van der Waals surface area contributed by atoms with Crippen LogP contribution < -0.4 is 4.72 Å². The molecule has 0 saturated carbocycles. The molecule has 0 unspecified atom stereocenters. The molecule has 0 amide bonds. The van der Waals surface area contributed by atoms with Crippen LogP contribution in [0.25, 0.3) is 0 Å². The highest BCUT2D eigenvalue weighted by Gasteiger charge is 2.46. The number of hydroxylamine groups is 2. The van der Waals surface area contributed by atoms with Crippen LogP contribution in [0.3, 0.4) is 0 Å². The van der Waals surface area contributed by atoms with Crippen molar-refractivity contribution in [1.82, 2.24) is 9.79 Å². The van der Waals surface area contributed by atoms with Gasteiger partial charge in [-0.25, -0.2) is 13.1 Å².